The third-order valence-corrected chi connectivity index (χ3v) is 6.05. The molecule has 2 aromatic rings. The second-order valence-electron chi connectivity index (χ2n) is 7.28. The number of hydrogen-bond acceptors (Lipinski definition) is 6. The molecule has 2 rings (SSSR count). The van der Waals surface area contributed by atoms with Crippen LogP contribution in [0.15, 0.2) is 23.4 Å². The number of fused-ring (bicyclic) bond motifs is 1. The van der Waals surface area contributed by atoms with Crippen molar-refractivity contribution in [3.63, 3.8) is 0 Å². The summed E-state index contributed by atoms with van der Waals surface area (Å²) in [5.74, 6) is -0.614. The van der Waals surface area contributed by atoms with E-state index in [0.29, 0.717) is 29.4 Å². The van der Waals surface area contributed by atoms with E-state index in [0.717, 1.165) is 5.52 Å². The molecule has 1 aromatic heterocycles. The van der Waals surface area contributed by atoms with Crippen LogP contribution in [-0.4, -0.2) is 38.8 Å². The summed E-state index contributed by atoms with van der Waals surface area (Å²) in [6.07, 6.45) is 0. The summed E-state index contributed by atoms with van der Waals surface area (Å²) < 4.78 is 7.06. The van der Waals surface area contributed by atoms with Crippen molar-refractivity contribution in [1.82, 2.24) is 14.9 Å². The first kappa shape index (κ1) is 22.8. The van der Waals surface area contributed by atoms with E-state index in [4.69, 9.17) is 4.74 Å². The number of nitrogens with one attached hydrogen (secondary N) is 1. The van der Waals surface area contributed by atoms with Gasteiger partial charge in [-0.25, -0.2) is 9.78 Å². The first-order valence-electron chi connectivity index (χ1n) is 9.74. The molecule has 1 aromatic carbocycles. The minimum absolute atomic E-state index is 0.0184. The number of thioether (sulfide) groups is 1. The molecule has 0 bridgehead atoms. The second-order valence-corrected chi connectivity index (χ2v) is 8.59. The van der Waals surface area contributed by atoms with Gasteiger partial charge in [-0.15, -0.1) is 0 Å². The Labute approximate surface area is 175 Å². The summed E-state index contributed by atoms with van der Waals surface area (Å²) in [6.45, 7) is 12.1. The standard InChI is InChI=1S/C21H28N4O3S/c1-7-25-17-10-9-15(19(27)28-8-2)11-16(17)23-20(25)29-14(5)18(26)24-21(6,12-22)13(3)4/h9-11,13-14H,7-8H2,1-6H3,(H,24,26). The van der Waals surface area contributed by atoms with Gasteiger partial charge in [-0.1, -0.05) is 25.6 Å². The molecule has 2 unspecified atom stereocenters. The van der Waals surface area contributed by atoms with Crippen LogP contribution in [0.4, 0.5) is 0 Å². The van der Waals surface area contributed by atoms with Gasteiger partial charge in [0.2, 0.25) is 5.91 Å². The van der Waals surface area contributed by atoms with Gasteiger partial charge >= 0.3 is 5.97 Å². The van der Waals surface area contributed by atoms with Crippen LogP contribution in [0.2, 0.25) is 0 Å². The Hall–Kier alpha value is -2.53. The number of imidazole rings is 1. The van der Waals surface area contributed by atoms with E-state index >= 15 is 0 Å². The number of carbonyl (C=O) groups excluding carboxylic acids is 2. The van der Waals surface area contributed by atoms with E-state index in [1.54, 1.807) is 32.9 Å². The van der Waals surface area contributed by atoms with Crippen LogP contribution in [0.25, 0.3) is 11.0 Å². The zero-order valence-electron chi connectivity index (χ0n) is 17.8. The zero-order valence-corrected chi connectivity index (χ0v) is 18.6. The Balaban J connectivity index is 2.27. The van der Waals surface area contributed by atoms with Gasteiger partial charge in [0.15, 0.2) is 5.16 Å². The third-order valence-electron chi connectivity index (χ3n) is 4.96. The smallest absolute Gasteiger partial charge is 0.338 e. The number of rotatable bonds is 8. The highest BCUT2D eigenvalue weighted by Crippen LogP contribution is 2.29. The zero-order chi connectivity index (χ0) is 21.8. The number of aryl methyl sites for hydroxylation is 1. The molecule has 2 atom stereocenters. The first-order valence-corrected chi connectivity index (χ1v) is 10.6. The Bertz CT molecular complexity index is 947. The van der Waals surface area contributed by atoms with Gasteiger partial charge in [0, 0.05) is 6.54 Å². The quantitative estimate of drug-likeness (QED) is 0.520. The fourth-order valence-electron chi connectivity index (χ4n) is 2.72. The Morgan fingerprint density at radius 2 is 2.03 bits per heavy atom. The molecule has 0 aliphatic carbocycles. The van der Waals surface area contributed by atoms with Crippen LogP contribution in [-0.2, 0) is 16.1 Å². The monoisotopic (exact) mass is 416 g/mol. The lowest BCUT2D eigenvalue weighted by Gasteiger charge is -2.28. The minimum atomic E-state index is -0.925. The van der Waals surface area contributed by atoms with Crippen LogP contribution < -0.4 is 5.32 Å². The van der Waals surface area contributed by atoms with E-state index in [-0.39, 0.29) is 17.8 Å². The van der Waals surface area contributed by atoms with E-state index < -0.39 is 10.8 Å². The number of ether oxygens (including phenoxy) is 1. The first-order chi connectivity index (χ1) is 13.7. The largest absolute Gasteiger partial charge is 0.462 e. The Morgan fingerprint density at radius 1 is 1.34 bits per heavy atom. The van der Waals surface area contributed by atoms with Crippen LogP contribution in [0.1, 0.15) is 51.9 Å². The van der Waals surface area contributed by atoms with Crippen LogP contribution in [0.5, 0.6) is 0 Å². The molecular formula is C21H28N4O3S. The molecule has 156 valence electrons. The van der Waals surface area contributed by atoms with Crippen molar-refractivity contribution in [2.45, 2.75) is 64.0 Å². The molecular weight excluding hydrogens is 388 g/mol. The van der Waals surface area contributed by atoms with Gasteiger partial charge in [-0.2, -0.15) is 5.26 Å². The summed E-state index contributed by atoms with van der Waals surface area (Å²) in [5, 5.41) is 12.5. The SMILES string of the molecule is CCOC(=O)c1ccc2c(c1)nc(SC(C)C(=O)NC(C)(C#N)C(C)C)n2CC. The number of carbonyl (C=O) groups is 2. The lowest BCUT2D eigenvalue weighted by atomic mass is 9.90. The molecule has 0 saturated carbocycles. The molecule has 0 aliphatic rings. The van der Waals surface area contributed by atoms with Crippen molar-refractivity contribution in [2.24, 2.45) is 5.92 Å². The molecule has 0 fully saturated rings. The summed E-state index contributed by atoms with van der Waals surface area (Å²) in [6, 6.07) is 7.47. The Kier molecular flexibility index (Phi) is 7.31. The fraction of sp³-hybridized carbons (Fsp3) is 0.524. The van der Waals surface area contributed by atoms with Crippen LogP contribution >= 0.6 is 11.8 Å². The maximum atomic E-state index is 12.7. The van der Waals surface area contributed by atoms with E-state index in [1.165, 1.54) is 11.8 Å². The summed E-state index contributed by atoms with van der Waals surface area (Å²) in [4.78, 5) is 29.3. The van der Waals surface area contributed by atoms with E-state index in [2.05, 4.69) is 16.4 Å². The molecule has 0 spiro atoms. The topological polar surface area (TPSA) is 97.0 Å². The maximum Gasteiger partial charge on any atom is 0.338 e. The van der Waals surface area contributed by atoms with Crippen LogP contribution in [0.3, 0.4) is 0 Å². The molecule has 8 heteroatoms. The minimum Gasteiger partial charge on any atom is -0.462 e. The average molecular weight is 417 g/mol. The van der Waals surface area contributed by atoms with Crippen molar-refractivity contribution in [1.29, 1.82) is 5.26 Å². The molecule has 0 saturated heterocycles. The van der Waals surface area contributed by atoms with Crippen molar-refractivity contribution >= 4 is 34.7 Å². The lowest BCUT2D eigenvalue weighted by Crippen LogP contribution is -2.51. The normalized spacial score (nSPS) is 14.3. The van der Waals surface area contributed by atoms with Crippen LogP contribution in [0, 0.1) is 17.2 Å². The highest BCUT2D eigenvalue weighted by Gasteiger charge is 2.32. The number of esters is 1. The van der Waals surface area contributed by atoms with Crippen molar-refractivity contribution in [2.75, 3.05) is 6.61 Å². The number of amides is 1. The number of benzene rings is 1. The van der Waals surface area contributed by atoms with Crippen molar-refractivity contribution in [3.8, 4) is 6.07 Å². The molecule has 29 heavy (non-hydrogen) atoms. The number of nitriles is 1. The Morgan fingerprint density at radius 3 is 2.59 bits per heavy atom. The highest BCUT2D eigenvalue weighted by atomic mass is 32.2. The highest BCUT2D eigenvalue weighted by molar-refractivity contribution is 8.00. The van der Waals surface area contributed by atoms with Gasteiger partial charge in [-0.05, 0) is 51.8 Å². The lowest BCUT2D eigenvalue weighted by molar-refractivity contribution is -0.121. The molecule has 1 heterocycles. The summed E-state index contributed by atoms with van der Waals surface area (Å²) >= 11 is 1.33. The predicted octanol–water partition coefficient (Wildman–Crippen LogP) is 3.77. The summed E-state index contributed by atoms with van der Waals surface area (Å²) in [5.41, 5.74) is 1.09. The number of nitrogens with zero attached hydrogens (tertiary/aromatic N) is 3. The van der Waals surface area contributed by atoms with Crippen molar-refractivity contribution < 1.29 is 14.3 Å². The predicted molar refractivity (Wildman–Crippen MR) is 114 cm³/mol. The molecule has 0 radical (unpaired) electrons. The third kappa shape index (κ3) is 4.91. The van der Waals surface area contributed by atoms with Gasteiger partial charge in [-0.3, -0.25) is 4.79 Å². The molecule has 0 aliphatic heterocycles. The van der Waals surface area contributed by atoms with E-state index in [9.17, 15) is 14.9 Å². The summed E-state index contributed by atoms with van der Waals surface area (Å²) in [7, 11) is 0. The van der Waals surface area contributed by atoms with Gasteiger partial charge in [0.05, 0.1) is 34.5 Å². The van der Waals surface area contributed by atoms with Gasteiger partial charge in [0.1, 0.15) is 5.54 Å². The average Bonchev–Trinajstić information content (AvgIpc) is 3.03. The molecule has 1 amide bonds. The number of hydrogen-bond donors (Lipinski definition) is 1. The maximum absolute atomic E-state index is 12.7. The van der Waals surface area contributed by atoms with Crippen molar-refractivity contribution in [3.05, 3.63) is 23.8 Å². The molecule has 1 N–H and O–H groups in total. The van der Waals surface area contributed by atoms with E-state index in [1.807, 2.05) is 31.4 Å². The number of aromatic nitrogens is 2. The van der Waals surface area contributed by atoms with Gasteiger partial charge in [0.25, 0.3) is 0 Å². The molecule has 7 nitrogen and oxygen atoms in total. The van der Waals surface area contributed by atoms with Gasteiger partial charge < -0.3 is 14.6 Å². The fourth-order valence-corrected chi connectivity index (χ4v) is 3.70. The second kappa shape index (κ2) is 9.31.